The van der Waals surface area contributed by atoms with Gasteiger partial charge in [0.15, 0.2) is 5.17 Å². The highest BCUT2D eigenvalue weighted by molar-refractivity contribution is 8.15. The first-order valence-electron chi connectivity index (χ1n) is 8.46. The molecule has 1 aromatic rings. The molecule has 6 nitrogen and oxygen atoms in total. The van der Waals surface area contributed by atoms with Crippen molar-refractivity contribution in [2.24, 2.45) is 10.9 Å². The molecule has 1 aliphatic rings. The number of benzene rings is 1. The fourth-order valence-electron chi connectivity index (χ4n) is 2.34. The van der Waals surface area contributed by atoms with Crippen LogP contribution in [0.2, 0.25) is 5.02 Å². The van der Waals surface area contributed by atoms with Gasteiger partial charge in [0.25, 0.3) is 0 Å². The average molecular weight is 398 g/mol. The van der Waals surface area contributed by atoms with Gasteiger partial charge in [0.1, 0.15) is 11.0 Å². The Morgan fingerprint density at radius 2 is 2.19 bits per heavy atom. The number of aryl methyl sites for hydroxylation is 1. The maximum atomic E-state index is 12.4. The molecule has 26 heavy (non-hydrogen) atoms. The third-order valence-electron chi connectivity index (χ3n) is 3.86. The molecule has 2 rings (SSSR count). The van der Waals surface area contributed by atoms with Crippen molar-refractivity contribution in [2.45, 2.75) is 38.9 Å². The summed E-state index contributed by atoms with van der Waals surface area (Å²) in [5.41, 5.74) is 1.36. The van der Waals surface area contributed by atoms with E-state index in [1.807, 2.05) is 6.92 Å². The van der Waals surface area contributed by atoms with E-state index in [0.717, 1.165) is 12.0 Å². The lowest BCUT2D eigenvalue weighted by molar-refractivity contribution is -0.122. The van der Waals surface area contributed by atoms with Crippen molar-refractivity contribution in [2.75, 3.05) is 19.0 Å². The summed E-state index contributed by atoms with van der Waals surface area (Å²) in [6, 6.07) is 3.41. The second-order valence-corrected chi connectivity index (χ2v) is 8.12. The van der Waals surface area contributed by atoms with Crippen molar-refractivity contribution in [3.63, 3.8) is 0 Å². The predicted molar refractivity (Wildman–Crippen MR) is 107 cm³/mol. The maximum absolute atomic E-state index is 12.4. The number of methoxy groups -OCH3 is 1. The molecule has 0 bridgehead atoms. The standard InChI is InChI=1S/C18H24ClN3O3S/c1-10(2)5-6-20-18-22-17(24)15(26-18)9-16(23)21-13-7-11(3)12(19)8-14(13)25-4/h7-8,10,15H,5-6,9H2,1-4H3,(H,21,23)(H,20,22,24)/t15-/m1/s1. The van der Waals surface area contributed by atoms with E-state index in [1.165, 1.54) is 18.9 Å². The number of rotatable bonds is 7. The van der Waals surface area contributed by atoms with E-state index in [-0.39, 0.29) is 18.2 Å². The fraction of sp³-hybridized carbons (Fsp3) is 0.500. The lowest BCUT2D eigenvalue weighted by atomic mass is 10.1. The number of anilines is 1. The van der Waals surface area contributed by atoms with E-state index in [1.54, 1.807) is 12.1 Å². The Balaban J connectivity index is 1.96. The van der Waals surface area contributed by atoms with Crippen LogP contribution in [0.3, 0.4) is 0 Å². The van der Waals surface area contributed by atoms with Crippen LogP contribution in [-0.2, 0) is 9.59 Å². The lowest BCUT2D eigenvalue weighted by Crippen LogP contribution is -2.28. The van der Waals surface area contributed by atoms with Gasteiger partial charge in [-0.25, -0.2) is 0 Å². The number of hydrogen-bond donors (Lipinski definition) is 2. The molecule has 2 N–H and O–H groups in total. The SMILES string of the molecule is COc1cc(Cl)c(C)cc1NC(=O)C[C@H]1SC(=NCCC(C)C)NC1=O. The molecule has 0 aliphatic carbocycles. The van der Waals surface area contributed by atoms with Crippen molar-refractivity contribution in [3.8, 4) is 5.75 Å². The number of carbonyl (C=O) groups is 2. The summed E-state index contributed by atoms with van der Waals surface area (Å²) in [6.45, 7) is 6.76. The third-order valence-corrected chi connectivity index (χ3v) is 5.39. The minimum atomic E-state index is -0.479. The molecule has 0 unspecified atom stereocenters. The van der Waals surface area contributed by atoms with Crippen LogP contribution in [0.4, 0.5) is 5.69 Å². The zero-order valence-corrected chi connectivity index (χ0v) is 17.0. The summed E-state index contributed by atoms with van der Waals surface area (Å²) in [6.07, 6.45) is 1.02. The van der Waals surface area contributed by atoms with Gasteiger partial charge in [-0.2, -0.15) is 0 Å². The predicted octanol–water partition coefficient (Wildman–Crippen LogP) is 3.62. The molecule has 1 aromatic carbocycles. The Bertz CT molecular complexity index is 722. The highest BCUT2D eigenvalue weighted by atomic mass is 35.5. The molecule has 8 heteroatoms. The van der Waals surface area contributed by atoms with Gasteiger partial charge in [-0.3, -0.25) is 14.6 Å². The largest absolute Gasteiger partial charge is 0.495 e. The van der Waals surface area contributed by atoms with Gasteiger partial charge in [-0.15, -0.1) is 0 Å². The Hall–Kier alpha value is -1.73. The van der Waals surface area contributed by atoms with Gasteiger partial charge in [-0.1, -0.05) is 37.2 Å². The molecular weight excluding hydrogens is 374 g/mol. The van der Waals surface area contributed by atoms with Crippen molar-refractivity contribution in [1.82, 2.24) is 5.32 Å². The van der Waals surface area contributed by atoms with Crippen molar-refractivity contribution < 1.29 is 14.3 Å². The van der Waals surface area contributed by atoms with Crippen LogP contribution < -0.4 is 15.4 Å². The van der Waals surface area contributed by atoms with E-state index in [9.17, 15) is 9.59 Å². The number of hydrogen-bond acceptors (Lipinski definition) is 5. The molecule has 1 fully saturated rings. The number of nitrogens with one attached hydrogen (secondary N) is 2. The summed E-state index contributed by atoms with van der Waals surface area (Å²) < 4.78 is 5.25. The number of halogens is 1. The van der Waals surface area contributed by atoms with E-state index in [2.05, 4.69) is 29.5 Å². The normalized spacial score (nSPS) is 18.3. The molecule has 1 heterocycles. The molecule has 1 saturated heterocycles. The number of carbonyl (C=O) groups excluding carboxylic acids is 2. The number of nitrogens with zero attached hydrogens (tertiary/aromatic N) is 1. The number of amides is 2. The highest BCUT2D eigenvalue weighted by Gasteiger charge is 2.32. The van der Waals surface area contributed by atoms with Crippen molar-refractivity contribution >= 4 is 46.0 Å². The molecular formula is C18H24ClN3O3S. The van der Waals surface area contributed by atoms with Crippen molar-refractivity contribution in [1.29, 1.82) is 0 Å². The average Bonchev–Trinajstić information content (AvgIpc) is 2.90. The molecule has 0 radical (unpaired) electrons. The van der Waals surface area contributed by atoms with Crippen LogP contribution in [0.15, 0.2) is 17.1 Å². The summed E-state index contributed by atoms with van der Waals surface area (Å²) in [5, 5.41) is 6.21. The van der Waals surface area contributed by atoms with E-state index < -0.39 is 5.25 Å². The molecule has 0 spiro atoms. The van der Waals surface area contributed by atoms with Crippen LogP contribution in [0, 0.1) is 12.8 Å². The molecule has 2 amide bonds. The summed E-state index contributed by atoms with van der Waals surface area (Å²) in [4.78, 5) is 28.8. The Kier molecular flexibility index (Phi) is 7.34. The Morgan fingerprint density at radius 3 is 2.85 bits per heavy atom. The van der Waals surface area contributed by atoms with Gasteiger partial charge in [0.2, 0.25) is 11.8 Å². The Morgan fingerprint density at radius 1 is 1.46 bits per heavy atom. The van der Waals surface area contributed by atoms with Crippen LogP contribution in [-0.4, -0.2) is 35.9 Å². The van der Waals surface area contributed by atoms with Crippen LogP contribution >= 0.6 is 23.4 Å². The van der Waals surface area contributed by atoms with Crippen LogP contribution in [0.1, 0.15) is 32.3 Å². The molecule has 1 atom stereocenters. The first kappa shape index (κ1) is 20.6. The van der Waals surface area contributed by atoms with Crippen LogP contribution in [0.25, 0.3) is 0 Å². The fourth-order valence-corrected chi connectivity index (χ4v) is 3.49. The quantitative estimate of drug-likeness (QED) is 0.736. The second-order valence-electron chi connectivity index (χ2n) is 6.52. The van der Waals surface area contributed by atoms with E-state index >= 15 is 0 Å². The molecule has 142 valence electrons. The summed E-state index contributed by atoms with van der Waals surface area (Å²) in [5.74, 6) is 0.586. The summed E-state index contributed by atoms with van der Waals surface area (Å²) >= 11 is 7.37. The molecule has 0 aromatic heterocycles. The van der Waals surface area contributed by atoms with Gasteiger partial charge in [-0.05, 0) is 30.9 Å². The topological polar surface area (TPSA) is 79.8 Å². The first-order chi connectivity index (χ1) is 12.3. The minimum absolute atomic E-state index is 0.0600. The van der Waals surface area contributed by atoms with Gasteiger partial charge >= 0.3 is 0 Å². The number of aliphatic imine (C=N–C) groups is 1. The number of ether oxygens (including phenoxy) is 1. The number of amidine groups is 1. The molecule has 0 saturated carbocycles. The summed E-state index contributed by atoms with van der Waals surface area (Å²) in [7, 11) is 1.51. The van der Waals surface area contributed by atoms with Gasteiger partial charge in [0, 0.05) is 24.1 Å². The third kappa shape index (κ3) is 5.64. The zero-order valence-electron chi connectivity index (χ0n) is 15.4. The minimum Gasteiger partial charge on any atom is -0.495 e. The maximum Gasteiger partial charge on any atom is 0.240 e. The number of thioether (sulfide) groups is 1. The second kappa shape index (κ2) is 9.28. The monoisotopic (exact) mass is 397 g/mol. The smallest absolute Gasteiger partial charge is 0.240 e. The lowest BCUT2D eigenvalue weighted by Gasteiger charge is -2.13. The van der Waals surface area contributed by atoms with Gasteiger partial charge in [0.05, 0.1) is 12.8 Å². The van der Waals surface area contributed by atoms with Crippen LogP contribution in [0.5, 0.6) is 5.75 Å². The Labute approximate surface area is 163 Å². The van der Waals surface area contributed by atoms with E-state index in [0.29, 0.717) is 34.1 Å². The van der Waals surface area contributed by atoms with E-state index in [4.69, 9.17) is 16.3 Å². The van der Waals surface area contributed by atoms with Gasteiger partial charge < -0.3 is 15.4 Å². The highest BCUT2D eigenvalue weighted by Crippen LogP contribution is 2.31. The van der Waals surface area contributed by atoms with Crippen molar-refractivity contribution in [3.05, 3.63) is 22.7 Å². The zero-order chi connectivity index (χ0) is 19.3. The first-order valence-corrected chi connectivity index (χ1v) is 9.72. The molecule has 1 aliphatic heterocycles.